The summed E-state index contributed by atoms with van der Waals surface area (Å²) < 4.78 is 25.4. The van der Waals surface area contributed by atoms with Crippen LogP contribution in [0.25, 0.3) is 0 Å². The van der Waals surface area contributed by atoms with E-state index in [2.05, 4.69) is 10.5 Å². The number of carbonyl (C=O) groups excluding carboxylic acids is 1. The standard InChI is InChI=1S/C21H31Cl2N3O3S/c1-30(28,29)26(20-14-17(22)13-18(23)15-20)16-21(27)25-24-19-11-9-7-5-3-2-4-6-8-10-12-19/h13-15H,2-12,16H2,1H3,(H,25,27). The number of amides is 1. The van der Waals surface area contributed by atoms with E-state index in [1.165, 1.54) is 63.1 Å². The molecule has 0 radical (unpaired) electrons. The predicted molar refractivity (Wildman–Crippen MR) is 125 cm³/mol. The molecular weight excluding hydrogens is 445 g/mol. The number of benzene rings is 1. The van der Waals surface area contributed by atoms with Crippen LogP contribution in [0.2, 0.25) is 10.0 Å². The molecule has 0 saturated heterocycles. The van der Waals surface area contributed by atoms with E-state index in [0.717, 1.165) is 42.0 Å². The first-order valence-corrected chi connectivity index (χ1v) is 13.1. The highest BCUT2D eigenvalue weighted by atomic mass is 35.5. The Morgan fingerprint density at radius 3 is 1.87 bits per heavy atom. The Morgan fingerprint density at radius 2 is 1.40 bits per heavy atom. The lowest BCUT2D eigenvalue weighted by Crippen LogP contribution is -2.39. The number of hydrogen-bond acceptors (Lipinski definition) is 4. The van der Waals surface area contributed by atoms with Crippen molar-refractivity contribution in [2.24, 2.45) is 5.10 Å². The summed E-state index contributed by atoms with van der Waals surface area (Å²) in [5.41, 5.74) is 3.76. The lowest BCUT2D eigenvalue weighted by molar-refractivity contribution is -0.119. The van der Waals surface area contributed by atoms with Gasteiger partial charge in [-0.05, 0) is 43.9 Å². The van der Waals surface area contributed by atoms with Gasteiger partial charge in [-0.3, -0.25) is 9.10 Å². The molecule has 0 aliphatic heterocycles. The summed E-state index contributed by atoms with van der Waals surface area (Å²) in [6, 6.07) is 4.42. The molecule has 30 heavy (non-hydrogen) atoms. The zero-order valence-electron chi connectivity index (χ0n) is 17.5. The van der Waals surface area contributed by atoms with Crippen LogP contribution in [-0.2, 0) is 14.8 Å². The van der Waals surface area contributed by atoms with Crippen molar-refractivity contribution in [3.63, 3.8) is 0 Å². The van der Waals surface area contributed by atoms with Crippen LogP contribution in [0, 0.1) is 0 Å². The second-order valence-corrected chi connectivity index (χ2v) is 10.6. The third-order valence-electron chi connectivity index (χ3n) is 5.09. The van der Waals surface area contributed by atoms with E-state index < -0.39 is 22.5 Å². The monoisotopic (exact) mass is 475 g/mol. The van der Waals surface area contributed by atoms with Gasteiger partial charge < -0.3 is 0 Å². The summed E-state index contributed by atoms with van der Waals surface area (Å²) in [5.74, 6) is -0.505. The number of halogens is 2. The number of nitrogens with zero attached hydrogens (tertiary/aromatic N) is 2. The fraction of sp³-hybridized carbons (Fsp3) is 0.619. The summed E-state index contributed by atoms with van der Waals surface area (Å²) in [4.78, 5) is 12.5. The van der Waals surface area contributed by atoms with E-state index in [-0.39, 0.29) is 5.69 Å². The van der Waals surface area contributed by atoms with Crippen LogP contribution in [0.1, 0.15) is 70.6 Å². The molecule has 168 valence electrons. The second-order valence-electron chi connectivity index (χ2n) is 7.79. The number of carbonyl (C=O) groups is 1. The van der Waals surface area contributed by atoms with Gasteiger partial charge in [0.05, 0.1) is 11.9 Å². The van der Waals surface area contributed by atoms with Gasteiger partial charge in [-0.1, -0.05) is 68.1 Å². The molecule has 0 heterocycles. The molecule has 1 amide bonds. The molecule has 0 spiro atoms. The molecule has 1 aliphatic rings. The zero-order valence-corrected chi connectivity index (χ0v) is 19.8. The molecule has 1 fully saturated rings. The van der Waals surface area contributed by atoms with Crippen LogP contribution in [0.5, 0.6) is 0 Å². The highest BCUT2D eigenvalue weighted by Gasteiger charge is 2.21. The quantitative estimate of drug-likeness (QED) is 0.567. The Kier molecular flexibility index (Phi) is 10.4. The highest BCUT2D eigenvalue weighted by molar-refractivity contribution is 7.92. The maximum atomic E-state index is 12.5. The first-order chi connectivity index (χ1) is 14.3. The number of rotatable bonds is 5. The first-order valence-electron chi connectivity index (χ1n) is 10.5. The van der Waals surface area contributed by atoms with Crippen LogP contribution >= 0.6 is 23.2 Å². The number of anilines is 1. The molecule has 1 aromatic rings. The minimum atomic E-state index is -3.71. The second kappa shape index (κ2) is 12.5. The molecule has 2 rings (SSSR count). The van der Waals surface area contributed by atoms with Gasteiger partial charge in [0, 0.05) is 15.8 Å². The van der Waals surface area contributed by atoms with Gasteiger partial charge >= 0.3 is 0 Å². The van der Waals surface area contributed by atoms with Crippen molar-refractivity contribution in [3.05, 3.63) is 28.2 Å². The third kappa shape index (κ3) is 9.23. The highest BCUT2D eigenvalue weighted by Crippen LogP contribution is 2.26. The lowest BCUT2D eigenvalue weighted by Gasteiger charge is -2.22. The molecule has 6 nitrogen and oxygen atoms in total. The fourth-order valence-corrected chi connectivity index (χ4v) is 4.88. The Balaban J connectivity index is 2.03. The average Bonchev–Trinajstić information content (AvgIpc) is 2.64. The topological polar surface area (TPSA) is 78.8 Å². The predicted octanol–water partition coefficient (Wildman–Crippen LogP) is 5.54. The molecule has 0 bridgehead atoms. The van der Waals surface area contributed by atoms with Gasteiger partial charge in [0.25, 0.3) is 5.91 Å². The van der Waals surface area contributed by atoms with Crippen molar-refractivity contribution in [2.75, 3.05) is 17.1 Å². The van der Waals surface area contributed by atoms with E-state index in [0.29, 0.717) is 10.0 Å². The van der Waals surface area contributed by atoms with Gasteiger partial charge in [0.1, 0.15) is 6.54 Å². The van der Waals surface area contributed by atoms with Crippen LogP contribution < -0.4 is 9.73 Å². The van der Waals surface area contributed by atoms with E-state index in [1.807, 2.05) is 0 Å². The SMILES string of the molecule is CS(=O)(=O)N(CC(=O)NN=C1CCCCCCCCCCC1)c1cc(Cl)cc(Cl)c1. The van der Waals surface area contributed by atoms with Gasteiger partial charge in [0.15, 0.2) is 0 Å². The smallest absolute Gasteiger partial charge is 0.260 e. The van der Waals surface area contributed by atoms with Crippen molar-refractivity contribution in [1.82, 2.24) is 5.43 Å². The molecule has 0 atom stereocenters. The summed E-state index contributed by atoms with van der Waals surface area (Å²) in [5, 5.41) is 4.90. The van der Waals surface area contributed by atoms with Gasteiger partial charge in [0.2, 0.25) is 10.0 Å². The Morgan fingerprint density at radius 1 is 0.933 bits per heavy atom. The van der Waals surface area contributed by atoms with Crippen molar-refractivity contribution >= 4 is 50.5 Å². The molecular formula is C21H31Cl2N3O3S. The number of nitrogens with one attached hydrogen (secondary N) is 1. The summed E-state index contributed by atoms with van der Waals surface area (Å²) >= 11 is 12.0. The molecule has 1 N–H and O–H groups in total. The molecule has 9 heteroatoms. The van der Waals surface area contributed by atoms with Gasteiger partial charge in [-0.2, -0.15) is 5.10 Å². The zero-order chi connectivity index (χ0) is 22.0. The van der Waals surface area contributed by atoms with Crippen LogP contribution in [0.4, 0.5) is 5.69 Å². The number of hydrogen-bond donors (Lipinski definition) is 1. The fourth-order valence-electron chi connectivity index (χ4n) is 3.52. The number of hydrazone groups is 1. The van der Waals surface area contributed by atoms with Crippen LogP contribution in [-0.4, -0.2) is 32.8 Å². The molecule has 1 aromatic carbocycles. The van der Waals surface area contributed by atoms with Crippen molar-refractivity contribution < 1.29 is 13.2 Å². The van der Waals surface area contributed by atoms with Crippen LogP contribution in [0.15, 0.2) is 23.3 Å². The third-order valence-corrected chi connectivity index (χ3v) is 6.67. The average molecular weight is 476 g/mol. The maximum absolute atomic E-state index is 12.5. The molecule has 1 saturated carbocycles. The molecule has 0 unspecified atom stereocenters. The van der Waals surface area contributed by atoms with Crippen molar-refractivity contribution in [3.8, 4) is 0 Å². The minimum Gasteiger partial charge on any atom is -0.271 e. The van der Waals surface area contributed by atoms with Gasteiger partial charge in [-0.25, -0.2) is 13.8 Å². The van der Waals surface area contributed by atoms with Crippen molar-refractivity contribution in [1.29, 1.82) is 0 Å². The summed E-state index contributed by atoms with van der Waals surface area (Å²) in [6.45, 7) is -0.397. The van der Waals surface area contributed by atoms with Crippen LogP contribution in [0.3, 0.4) is 0 Å². The summed E-state index contributed by atoms with van der Waals surface area (Å²) in [7, 11) is -3.71. The van der Waals surface area contributed by atoms with E-state index in [4.69, 9.17) is 23.2 Å². The maximum Gasteiger partial charge on any atom is 0.260 e. The van der Waals surface area contributed by atoms with Gasteiger partial charge in [-0.15, -0.1) is 0 Å². The normalized spacial score (nSPS) is 16.8. The van der Waals surface area contributed by atoms with E-state index in [9.17, 15) is 13.2 Å². The Bertz CT molecular complexity index is 810. The van der Waals surface area contributed by atoms with E-state index in [1.54, 1.807) is 0 Å². The minimum absolute atomic E-state index is 0.240. The molecule has 1 aliphatic carbocycles. The van der Waals surface area contributed by atoms with E-state index >= 15 is 0 Å². The Labute approximate surface area is 190 Å². The largest absolute Gasteiger partial charge is 0.271 e. The molecule has 0 aromatic heterocycles. The Hall–Kier alpha value is -1.31. The van der Waals surface area contributed by atoms with Crippen molar-refractivity contribution in [2.45, 2.75) is 70.6 Å². The number of sulfonamides is 1. The summed E-state index contributed by atoms with van der Waals surface area (Å²) in [6.07, 6.45) is 13.6. The lowest BCUT2D eigenvalue weighted by atomic mass is 10.00. The first kappa shape index (κ1) is 25.0.